The van der Waals surface area contributed by atoms with Crippen LogP contribution in [-0.2, 0) is 20.7 Å². The zero-order chi connectivity index (χ0) is 20.5. The smallest absolute Gasteiger partial charge is 0.323 e. The number of para-hydroxylation sites is 1. The Morgan fingerprint density at radius 3 is 2.45 bits per heavy atom. The Kier molecular flexibility index (Phi) is 8.08. The van der Waals surface area contributed by atoms with Gasteiger partial charge in [-0.3, -0.25) is 4.79 Å². The Bertz CT molecular complexity index is 737. The molecule has 1 fully saturated rings. The lowest BCUT2D eigenvalue weighted by Crippen LogP contribution is -2.44. The van der Waals surface area contributed by atoms with E-state index in [2.05, 4.69) is 12.1 Å². The molecule has 0 amide bonds. The molecule has 2 aromatic carbocycles. The van der Waals surface area contributed by atoms with Crippen molar-refractivity contribution in [3.05, 3.63) is 66.2 Å². The second kappa shape index (κ2) is 11.0. The number of benzene rings is 2. The van der Waals surface area contributed by atoms with Gasteiger partial charge in [0, 0.05) is 6.61 Å². The highest BCUT2D eigenvalue weighted by molar-refractivity contribution is 5.75. The van der Waals surface area contributed by atoms with Gasteiger partial charge in [0.2, 0.25) is 0 Å². The Morgan fingerprint density at radius 1 is 1.03 bits per heavy atom. The maximum atomic E-state index is 12.2. The Morgan fingerprint density at radius 2 is 1.72 bits per heavy atom. The number of carbonyl (C=O) groups is 1. The van der Waals surface area contributed by atoms with Crippen LogP contribution in [0.15, 0.2) is 60.7 Å². The fourth-order valence-corrected chi connectivity index (χ4v) is 3.64. The highest BCUT2D eigenvalue weighted by Gasteiger charge is 2.34. The predicted molar refractivity (Wildman–Crippen MR) is 113 cm³/mol. The van der Waals surface area contributed by atoms with Crippen LogP contribution in [0.4, 0.5) is 0 Å². The third kappa shape index (κ3) is 6.58. The van der Waals surface area contributed by atoms with Gasteiger partial charge in [0.15, 0.2) is 0 Å². The van der Waals surface area contributed by atoms with Crippen molar-refractivity contribution in [1.82, 2.24) is 0 Å². The summed E-state index contributed by atoms with van der Waals surface area (Å²) in [6.45, 7) is 2.43. The minimum absolute atomic E-state index is 0.206. The summed E-state index contributed by atoms with van der Waals surface area (Å²) in [6, 6.07) is 19.5. The van der Waals surface area contributed by atoms with Gasteiger partial charge < -0.3 is 19.9 Å². The van der Waals surface area contributed by atoms with E-state index in [4.69, 9.17) is 19.9 Å². The van der Waals surface area contributed by atoms with Crippen molar-refractivity contribution in [2.45, 2.75) is 63.4 Å². The average Bonchev–Trinajstić information content (AvgIpc) is 2.78. The molecule has 156 valence electrons. The molecule has 0 radical (unpaired) electrons. The van der Waals surface area contributed by atoms with Gasteiger partial charge in [0.05, 0.1) is 0 Å². The summed E-state index contributed by atoms with van der Waals surface area (Å²) in [4.78, 5) is 12.2. The number of hydrogen-bond donors (Lipinski definition) is 1. The lowest BCUT2D eigenvalue weighted by Gasteiger charge is -2.31. The molecular weight excluding hydrogens is 366 g/mol. The van der Waals surface area contributed by atoms with Crippen LogP contribution in [0.3, 0.4) is 0 Å². The molecule has 5 nitrogen and oxygen atoms in total. The molecule has 3 rings (SSSR count). The monoisotopic (exact) mass is 397 g/mol. The topological polar surface area (TPSA) is 70.8 Å². The molecule has 0 unspecified atom stereocenters. The number of esters is 1. The normalized spacial score (nSPS) is 25.4. The van der Waals surface area contributed by atoms with Crippen molar-refractivity contribution in [3.8, 4) is 5.75 Å². The van der Waals surface area contributed by atoms with Gasteiger partial charge in [-0.2, -0.15) is 0 Å². The third-order valence-electron chi connectivity index (χ3n) is 5.23. The molecule has 1 aliphatic rings. The first-order chi connectivity index (χ1) is 14.1. The summed E-state index contributed by atoms with van der Waals surface area (Å²) < 4.78 is 18.1. The molecule has 29 heavy (non-hydrogen) atoms. The number of rotatable bonds is 7. The SMILES string of the molecule is C[C@@H]1OC(=O)[C@@H](N)CCC[C@H](Oc2ccccc2)[C@H]1OCCCc1ccccc1. The van der Waals surface area contributed by atoms with Gasteiger partial charge in [0.25, 0.3) is 0 Å². The second-order valence-electron chi connectivity index (χ2n) is 7.57. The molecule has 2 aromatic rings. The van der Waals surface area contributed by atoms with Gasteiger partial charge in [0.1, 0.15) is 30.1 Å². The van der Waals surface area contributed by atoms with Crippen molar-refractivity contribution >= 4 is 5.97 Å². The van der Waals surface area contributed by atoms with E-state index >= 15 is 0 Å². The number of carbonyl (C=O) groups excluding carboxylic acids is 1. The highest BCUT2D eigenvalue weighted by Crippen LogP contribution is 2.24. The van der Waals surface area contributed by atoms with Gasteiger partial charge in [-0.25, -0.2) is 0 Å². The molecule has 0 aromatic heterocycles. The predicted octanol–water partition coefficient (Wildman–Crippen LogP) is 3.89. The summed E-state index contributed by atoms with van der Waals surface area (Å²) in [5, 5.41) is 0. The minimum Gasteiger partial charge on any atom is -0.488 e. The molecule has 1 saturated heterocycles. The molecule has 1 aliphatic heterocycles. The summed E-state index contributed by atoms with van der Waals surface area (Å²) in [5.41, 5.74) is 7.24. The van der Waals surface area contributed by atoms with Crippen LogP contribution in [0, 0.1) is 0 Å². The number of cyclic esters (lactones) is 1. The first-order valence-corrected chi connectivity index (χ1v) is 10.5. The van der Waals surface area contributed by atoms with Crippen molar-refractivity contribution in [1.29, 1.82) is 0 Å². The van der Waals surface area contributed by atoms with Gasteiger partial charge in [-0.05, 0) is 56.7 Å². The van der Waals surface area contributed by atoms with E-state index in [1.54, 1.807) is 0 Å². The first-order valence-electron chi connectivity index (χ1n) is 10.5. The van der Waals surface area contributed by atoms with Crippen LogP contribution in [0.25, 0.3) is 0 Å². The van der Waals surface area contributed by atoms with E-state index in [0.717, 1.165) is 31.4 Å². The van der Waals surface area contributed by atoms with Crippen molar-refractivity contribution < 1.29 is 19.0 Å². The molecule has 0 spiro atoms. The lowest BCUT2D eigenvalue weighted by molar-refractivity contribution is -0.162. The molecular formula is C24H31NO4. The Labute approximate surface area is 173 Å². The standard InChI is InChI=1S/C24H31NO4/c1-18-23(27-17-9-12-19-10-4-2-5-11-19)22(29-20-13-6-3-7-14-20)16-8-15-21(25)24(26)28-18/h2-7,10-11,13-14,18,21-23H,8-9,12,15-17,25H2,1H3/t18-,21-,22-,23-/m0/s1. The summed E-state index contributed by atoms with van der Waals surface area (Å²) >= 11 is 0. The van der Waals surface area contributed by atoms with Crippen LogP contribution in [0.5, 0.6) is 5.75 Å². The fourth-order valence-electron chi connectivity index (χ4n) is 3.64. The van der Waals surface area contributed by atoms with Crippen LogP contribution in [-0.4, -0.2) is 36.9 Å². The van der Waals surface area contributed by atoms with Crippen LogP contribution >= 0.6 is 0 Å². The van der Waals surface area contributed by atoms with E-state index < -0.39 is 12.1 Å². The van der Waals surface area contributed by atoms with Crippen molar-refractivity contribution in [3.63, 3.8) is 0 Å². The van der Waals surface area contributed by atoms with E-state index in [1.165, 1.54) is 5.56 Å². The summed E-state index contributed by atoms with van der Waals surface area (Å²) in [5.74, 6) is 0.424. The maximum Gasteiger partial charge on any atom is 0.323 e. The number of aryl methyl sites for hydroxylation is 1. The molecule has 0 saturated carbocycles. The van der Waals surface area contributed by atoms with Gasteiger partial charge in [-0.1, -0.05) is 48.5 Å². The van der Waals surface area contributed by atoms with E-state index in [9.17, 15) is 4.79 Å². The molecule has 4 atom stereocenters. The summed E-state index contributed by atoms with van der Waals surface area (Å²) in [6.07, 6.45) is 2.97. The fraction of sp³-hybridized carbons (Fsp3) is 0.458. The van der Waals surface area contributed by atoms with Crippen LogP contribution < -0.4 is 10.5 Å². The second-order valence-corrected chi connectivity index (χ2v) is 7.57. The summed E-state index contributed by atoms with van der Waals surface area (Å²) in [7, 11) is 0. The van der Waals surface area contributed by atoms with E-state index in [-0.39, 0.29) is 18.2 Å². The Balaban J connectivity index is 1.66. The van der Waals surface area contributed by atoms with Crippen molar-refractivity contribution in [2.75, 3.05) is 6.61 Å². The van der Waals surface area contributed by atoms with Gasteiger partial charge in [-0.15, -0.1) is 0 Å². The van der Waals surface area contributed by atoms with Crippen molar-refractivity contribution in [2.24, 2.45) is 5.73 Å². The third-order valence-corrected chi connectivity index (χ3v) is 5.23. The molecule has 1 heterocycles. The van der Waals surface area contributed by atoms with Crippen LogP contribution in [0.2, 0.25) is 0 Å². The first kappa shape index (κ1) is 21.3. The van der Waals surface area contributed by atoms with E-state index in [1.807, 2.05) is 55.5 Å². The number of ether oxygens (including phenoxy) is 3. The number of hydrogen-bond acceptors (Lipinski definition) is 5. The molecule has 5 heteroatoms. The largest absolute Gasteiger partial charge is 0.488 e. The lowest BCUT2D eigenvalue weighted by atomic mass is 10.0. The molecule has 2 N–H and O–H groups in total. The number of nitrogens with two attached hydrogens (primary N) is 1. The highest BCUT2D eigenvalue weighted by atomic mass is 16.6. The zero-order valence-corrected chi connectivity index (χ0v) is 17.0. The zero-order valence-electron chi connectivity index (χ0n) is 17.0. The molecule has 0 bridgehead atoms. The minimum atomic E-state index is -0.591. The van der Waals surface area contributed by atoms with Crippen LogP contribution in [0.1, 0.15) is 38.2 Å². The average molecular weight is 398 g/mol. The molecule has 0 aliphatic carbocycles. The van der Waals surface area contributed by atoms with E-state index in [0.29, 0.717) is 13.0 Å². The quantitative estimate of drug-likeness (QED) is 0.567. The van der Waals surface area contributed by atoms with Gasteiger partial charge >= 0.3 is 5.97 Å². The Hall–Kier alpha value is -2.37. The maximum absolute atomic E-state index is 12.2.